The molecule has 0 saturated carbocycles. The first kappa shape index (κ1) is 22.3. The number of sulfone groups is 1. The van der Waals surface area contributed by atoms with Crippen LogP contribution < -0.4 is 11.1 Å². The summed E-state index contributed by atoms with van der Waals surface area (Å²) in [5.41, 5.74) is 4.88. The van der Waals surface area contributed by atoms with E-state index < -0.39 is 37.6 Å². The Kier molecular flexibility index (Phi) is 5.09. The van der Waals surface area contributed by atoms with Crippen molar-refractivity contribution in [1.29, 1.82) is 0 Å². The van der Waals surface area contributed by atoms with Crippen LogP contribution in [0.25, 0.3) is 10.9 Å². The van der Waals surface area contributed by atoms with Crippen molar-refractivity contribution in [3.8, 4) is 0 Å². The molecular formula is C20H19ClF2N6O2S. The van der Waals surface area contributed by atoms with Crippen LogP contribution in [0.3, 0.4) is 0 Å². The predicted molar refractivity (Wildman–Crippen MR) is 119 cm³/mol. The summed E-state index contributed by atoms with van der Waals surface area (Å²) in [5, 5.41) is 3.33. The number of pyridine rings is 3. The highest BCUT2D eigenvalue weighted by atomic mass is 35.5. The van der Waals surface area contributed by atoms with E-state index in [-0.39, 0.29) is 38.8 Å². The summed E-state index contributed by atoms with van der Waals surface area (Å²) in [5.74, 6) is -1.87. The van der Waals surface area contributed by atoms with Crippen LogP contribution >= 0.6 is 11.6 Å². The average molecular weight is 481 g/mol. The molecule has 3 aromatic rings. The predicted octanol–water partition coefficient (Wildman–Crippen LogP) is 3.48. The first-order valence-electron chi connectivity index (χ1n) is 9.45. The molecule has 1 atom stereocenters. The monoisotopic (exact) mass is 480 g/mol. The molecule has 0 aromatic carbocycles. The minimum Gasteiger partial charge on any atom is -0.386 e. The molecule has 4 rings (SSSR count). The summed E-state index contributed by atoms with van der Waals surface area (Å²) in [6.45, 7) is 4.39. The molecule has 3 aromatic heterocycles. The Balaban J connectivity index is 1.79. The molecule has 0 saturated heterocycles. The van der Waals surface area contributed by atoms with Crippen LogP contribution in [-0.4, -0.2) is 39.7 Å². The molecule has 1 aliphatic heterocycles. The quantitative estimate of drug-likeness (QED) is 0.550. The molecule has 168 valence electrons. The van der Waals surface area contributed by atoms with Gasteiger partial charge in [-0.3, -0.25) is 9.98 Å². The number of nitrogens with two attached hydrogens (primary N) is 1. The number of aliphatic imine (C=N–C) groups is 1. The maximum Gasteiger partial charge on any atom is 0.218 e. The van der Waals surface area contributed by atoms with Gasteiger partial charge in [-0.2, -0.15) is 4.39 Å². The second-order valence-electron chi connectivity index (χ2n) is 8.23. The third-order valence-corrected chi connectivity index (χ3v) is 8.47. The third kappa shape index (κ3) is 3.55. The number of nitrogens with zero attached hydrogens (tertiary/aromatic N) is 4. The molecular weight excluding hydrogens is 462 g/mol. The number of aromatic nitrogens is 3. The van der Waals surface area contributed by atoms with Gasteiger partial charge >= 0.3 is 0 Å². The lowest BCUT2D eigenvalue weighted by Gasteiger charge is -2.37. The topological polar surface area (TPSA) is 123 Å². The number of fused-ring (bicyclic) bond motifs is 1. The highest BCUT2D eigenvalue weighted by Crippen LogP contribution is 2.38. The lowest BCUT2D eigenvalue weighted by molar-refractivity contribution is 0.464. The summed E-state index contributed by atoms with van der Waals surface area (Å²) >= 11 is 5.90. The Labute approximate surface area is 187 Å². The molecule has 0 aliphatic carbocycles. The Morgan fingerprint density at radius 3 is 2.50 bits per heavy atom. The first-order chi connectivity index (χ1) is 14.8. The second-order valence-corrected chi connectivity index (χ2v) is 11.2. The molecule has 0 fully saturated rings. The fourth-order valence-electron chi connectivity index (χ4n) is 3.46. The standard InChI is InChI=1S/C20H19ClF2N6O2S/c1-19(2)18(24)29-20(3,9-32(19,30)31)13-5-11(7-26-16(13)23)28-17-15-12(14(22)8-27-17)4-10(21)6-25-15/h4-8H,9H2,1-3H3,(H2,24,29)(H,27,28)/t20-/m0/s1. The molecule has 1 aliphatic rings. The maximum absolute atomic E-state index is 14.7. The Hall–Kier alpha value is -2.92. The lowest BCUT2D eigenvalue weighted by atomic mass is 9.94. The molecule has 0 radical (unpaired) electrons. The van der Waals surface area contributed by atoms with Crippen molar-refractivity contribution >= 4 is 49.7 Å². The van der Waals surface area contributed by atoms with Crippen molar-refractivity contribution < 1.29 is 17.2 Å². The summed E-state index contributed by atoms with van der Waals surface area (Å²) in [7, 11) is -3.74. The van der Waals surface area contributed by atoms with Gasteiger partial charge in [-0.25, -0.2) is 22.8 Å². The largest absolute Gasteiger partial charge is 0.386 e. The van der Waals surface area contributed by atoms with Crippen LogP contribution in [-0.2, 0) is 15.4 Å². The van der Waals surface area contributed by atoms with Crippen molar-refractivity contribution in [2.75, 3.05) is 11.1 Å². The van der Waals surface area contributed by atoms with Crippen molar-refractivity contribution in [3.05, 3.63) is 53.1 Å². The Morgan fingerprint density at radius 2 is 1.81 bits per heavy atom. The van der Waals surface area contributed by atoms with Crippen LogP contribution in [0, 0.1) is 11.8 Å². The lowest BCUT2D eigenvalue weighted by Crippen LogP contribution is -2.55. The average Bonchev–Trinajstić information content (AvgIpc) is 2.70. The fraction of sp³-hybridized carbons (Fsp3) is 0.300. The van der Waals surface area contributed by atoms with Gasteiger partial charge in [0, 0.05) is 17.1 Å². The SMILES string of the molecule is CC1(C)C(N)=N[C@](C)(c2cc(Nc3ncc(F)c4cc(Cl)cnc34)cnc2F)CS1(=O)=O. The van der Waals surface area contributed by atoms with Crippen LogP contribution in [0.1, 0.15) is 26.3 Å². The molecule has 0 spiro atoms. The van der Waals surface area contributed by atoms with Gasteiger partial charge in [-0.15, -0.1) is 0 Å². The van der Waals surface area contributed by atoms with Gasteiger partial charge in [0.1, 0.15) is 21.6 Å². The van der Waals surface area contributed by atoms with E-state index in [0.717, 1.165) is 6.20 Å². The van der Waals surface area contributed by atoms with E-state index in [2.05, 4.69) is 25.3 Å². The molecule has 4 heterocycles. The number of hydrogen-bond acceptors (Lipinski definition) is 8. The van der Waals surface area contributed by atoms with Crippen LogP contribution in [0.5, 0.6) is 0 Å². The van der Waals surface area contributed by atoms with E-state index >= 15 is 0 Å². The molecule has 0 unspecified atom stereocenters. The normalized spacial score (nSPS) is 21.9. The van der Waals surface area contributed by atoms with Crippen molar-refractivity contribution in [2.45, 2.75) is 31.1 Å². The van der Waals surface area contributed by atoms with Crippen LogP contribution in [0.4, 0.5) is 20.3 Å². The minimum absolute atomic E-state index is 0.0630. The van der Waals surface area contributed by atoms with Crippen molar-refractivity contribution in [2.24, 2.45) is 10.7 Å². The van der Waals surface area contributed by atoms with Gasteiger partial charge < -0.3 is 11.1 Å². The zero-order valence-corrected chi connectivity index (χ0v) is 18.9. The van der Waals surface area contributed by atoms with E-state index in [9.17, 15) is 17.2 Å². The summed E-state index contributed by atoms with van der Waals surface area (Å²) < 4.78 is 53.1. The third-order valence-electron chi connectivity index (χ3n) is 5.56. The van der Waals surface area contributed by atoms with E-state index in [4.69, 9.17) is 17.3 Å². The molecule has 32 heavy (non-hydrogen) atoms. The zero-order chi connectivity index (χ0) is 23.5. The van der Waals surface area contributed by atoms with Gasteiger partial charge in [-0.1, -0.05) is 11.6 Å². The number of amidine groups is 1. The molecule has 0 amide bonds. The minimum atomic E-state index is -3.74. The second kappa shape index (κ2) is 7.31. The van der Waals surface area contributed by atoms with Crippen molar-refractivity contribution in [3.63, 3.8) is 0 Å². The maximum atomic E-state index is 14.7. The summed E-state index contributed by atoms with van der Waals surface area (Å²) in [6.07, 6.45) is 3.55. The van der Waals surface area contributed by atoms with Gasteiger partial charge in [0.2, 0.25) is 5.95 Å². The van der Waals surface area contributed by atoms with E-state index in [1.54, 1.807) is 0 Å². The van der Waals surface area contributed by atoms with Gasteiger partial charge in [0.05, 0.1) is 28.9 Å². The van der Waals surface area contributed by atoms with E-state index in [0.29, 0.717) is 0 Å². The van der Waals surface area contributed by atoms with Crippen molar-refractivity contribution in [1.82, 2.24) is 15.0 Å². The number of anilines is 2. The van der Waals surface area contributed by atoms with Crippen LogP contribution in [0.2, 0.25) is 5.02 Å². The van der Waals surface area contributed by atoms with E-state index in [1.807, 2.05) is 0 Å². The Morgan fingerprint density at radius 1 is 1.09 bits per heavy atom. The fourth-order valence-corrected chi connectivity index (χ4v) is 5.31. The van der Waals surface area contributed by atoms with Gasteiger partial charge in [0.15, 0.2) is 21.5 Å². The van der Waals surface area contributed by atoms with E-state index in [1.165, 1.54) is 45.3 Å². The highest BCUT2D eigenvalue weighted by Gasteiger charge is 2.49. The zero-order valence-electron chi connectivity index (χ0n) is 17.3. The summed E-state index contributed by atoms with van der Waals surface area (Å²) in [6, 6.07) is 2.79. The number of hydrogen-bond donors (Lipinski definition) is 2. The Bertz CT molecular complexity index is 1400. The molecule has 3 N–H and O–H groups in total. The molecule has 0 bridgehead atoms. The summed E-state index contributed by atoms with van der Waals surface area (Å²) in [4.78, 5) is 16.2. The van der Waals surface area contributed by atoms with Gasteiger partial charge in [0.25, 0.3) is 0 Å². The number of rotatable bonds is 3. The molecule has 12 heteroatoms. The number of nitrogens with one attached hydrogen (secondary N) is 1. The smallest absolute Gasteiger partial charge is 0.218 e. The molecule has 8 nitrogen and oxygen atoms in total. The first-order valence-corrected chi connectivity index (χ1v) is 11.5. The highest BCUT2D eigenvalue weighted by molar-refractivity contribution is 7.93. The van der Waals surface area contributed by atoms with Gasteiger partial charge in [-0.05, 0) is 32.9 Å². The van der Waals surface area contributed by atoms with Crippen LogP contribution in [0.15, 0.2) is 35.7 Å². The number of halogens is 3.